The number of halogens is 1. The Morgan fingerprint density at radius 2 is 2.00 bits per heavy atom. The van der Waals surface area contributed by atoms with Crippen LogP contribution in [0.2, 0.25) is 0 Å². The summed E-state index contributed by atoms with van der Waals surface area (Å²) in [5, 5.41) is 6.15. The van der Waals surface area contributed by atoms with Crippen molar-refractivity contribution in [3.8, 4) is 22.6 Å². The monoisotopic (exact) mass is 442 g/mol. The van der Waals surface area contributed by atoms with Crippen molar-refractivity contribution in [2.24, 2.45) is 7.05 Å². The van der Waals surface area contributed by atoms with Crippen molar-refractivity contribution in [2.75, 3.05) is 24.7 Å². The maximum Gasteiger partial charge on any atom is 0.162 e. The van der Waals surface area contributed by atoms with E-state index < -0.39 is 0 Å². The van der Waals surface area contributed by atoms with Crippen molar-refractivity contribution < 1.29 is 9.13 Å². The molecule has 1 aliphatic heterocycles. The van der Waals surface area contributed by atoms with Crippen LogP contribution in [0.15, 0.2) is 54.9 Å². The number of benzene rings is 2. The minimum absolute atomic E-state index is 0.157. The van der Waals surface area contributed by atoms with Crippen molar-refractivity contribution in [2.45, 2.75) is 13.0 Å². The number of rotatable bonds is 3. The van der Waals surface area contributed by atoms with Crippen LogP contribution in [0.5, 0.6) is 0 Å². The van der Waals surface area contributed by atoms with E-state index in [1.165, 1.54) is 12.1 Å². The van der Waals surface area contributed by atoms with Crippen LogP contribution in [0.3, 0.4) is 0 Å². The third-order valence-electron chi connectivity index (χ3n) is 6.31. The van der Waals surface area contributed by atoms with E-state index in [-0.39, 0.29) is 11.9 Å². The number of hydrogen-bond donors (Lipinski definition) is 1. The van der Waals surface area contributed by atoms with Crippen LogP contribution < -0.4 is 4.90 Å². The van der Waals surface area contributed by atoms with Crippen molar-refractivity contribution in [1.82, 2.24) is 24.7 Å². The lowest BCUT2D eigenvalue weighted by Gasteiger charge is -2.35. The summed E-state index contributed by atoms with van der Waals surface area (Å²) in [5.41, 5.74) is 4.26. The quantitative estimate of drug-likeness (QED) is 0.444. The van der Waals surface area contributed by atoms with Gasteiger partial charge >= 0.3 is 0 Å². The van der Waals surface area contributed by atoms with E-state index in [0.717, 1.165) is 45.4 Å². The number of aromatic amines is 1. The number of fused-ring (bicyclic) bond motifs is 2. The molecule has 3 aromatic heterocycles. The molecule has 1 aliphatic rings. The molecule has 166 valence electrons. The van der Waals surface area contributed by atoms with Crippen LogP contribution in [0.4, 0.5) is 10.2 Å². The molecule has 0 amide bonds. The van der Waals surface area contributed by atoms with Gasteiger partial charge in [-0.3, -0.25) is 4.68 Å². The minimum Gasteiger partial charge on any atom is -0.377 e. The average molecular weight is 442 g/mol. The first kappa shape index (κ1) is 19.9. The smallest absolute Gasteiger partial charge is 0.162 e. The van der Waals surface area contributed by atoms with Gasteiger partial charge in [0, 0.05) is 53.4 Å². The average Bonchev–Trinajstić information content (AvgIpc) is 3.46. The van der Waals surface area contributed by atoms with E-state index in [1.807, 2.05) is 36.0 Å². The molecule has 1 saturated heterocycles. The maximum absolute atomic E-state index is 14.4. The number of anilines is 1. The third-order valence-corrected chi connectivity index (χ3v) is 6.31. The third kappa shape index (κ3) is 3.34. The number of nitrogens with one attached hydrogen (secondary N) is 1. The number of nitrogens with zero attached hydrogens (tertiary/aromatic N) is 5. The van der Waals surface area contributed by atoms with Gasteiger partial charge in [-0.25, -0.2) is 14.4 Å². The number of ether oxygens (including phenoxy) is 1. The van der Waals surface area contributed by atoms with Crippen molar-refractivity contribution in [1.29, 1.82) is 0 Å². The highest BCUT2D eigenvalue weighted by Crippen LogP contribution is 2.35. The molecule has 0 unspecified atom stereocenters. The van der Waals surface area contributed by atoms with E-state index >= 15 is 0 Å². The standard InChI is InChI=1S/C25H23FN6O/c1-15-14-33-10-9-32(15)25-20-11-16(23-6-8-28-31(23)2)3-4-21(20)29-24(30-25)19-12-17(26)13-22-18(19)5-7-27-22/h3-8,11-13,15,27H,9-10,14H2,1-2H3/t15-/m1/s1. The Morgan fingerprint density at radius 1 is 1.09 bits per heavy atom. The molecular weight excluding hydrogens is 419 g/mol. The predicted octanol–water partition coefficient (Wildman–Crippen LogP) is 4.54. The normalized spacial score (nSPS) is 16.7. The zero-order chi connectivity index (χ0) is 22.5. The zero-order valence-electron chi connectivity index (χ0n) is 18.4. The highest BCUT2D eigenvalue weighted by atomic mass is 19.1. The molecule has 33 heavy (non-hydrogen) atoms. The fraction of sp³-hybridized carbons (Fsp3) is 0.240. The van der Waals surface area contributed by atoms with Gasteiger partial charge in [0.1, 0.15) is 11.6 Å². The molecule has 0 radical (unpaired) electrons. The maximum atomic E-state index is 14.4. The Balaban J connectivity index is 1.61. The molecular formula is C25H23FN6O. The van der Waals surface area contributed by atoms with Gasteiger partial charge in [-0.05, 0) is 43.3 Å². The summed E-state index contributed by atoms with van der Waals surface area (Å²) < 4.78 is 21.9. The number of hydrogen-bond acceptors (Lipinski definition) is 5. The molecule has 1 atom stereocenters. The fourth-order valence-electron chi connectivity index (χ4n) is 4.63. The number of aryl methyl sites for hydroxylation is 1. The van der Waals surface area contributed by atoms with Gasteiger partial charge in [-0.2, -0.15) is 5.10 Å². The minimum atomic E-state index is -0.323. The first-order chi connectivity index (χ1) is 16.1. The highest BCUT2D eigenvalue weighted by Gasteiger charge is 2.24. The molecule has 1 fully saturated rings. The van der Waals surface area contributed by atoms with Crippen LogP contribution in [0.25, 0.3) is 44.5 Å². The van der Waals surface area contributed by atoms with E-state index in [1.54, 1.807) is 12.4 Å². The van der Waals surface area contributed by atoms with E-state index in [0.29, 0.717) is 24.6 Å². The van der Waals surface area contributed by atoms with Gasteiger partial charge in [-0.1, -0.05) is 6.07 Å². The van der Waals surface area contributed by atoms with E-state index in [9.17, 15) is 4.39 Å². The number of aromatic nitrogens is 5. The first-order valence-corrected chi connectivity index (χ1v) is 11.0. The van der Waals surface area contributed by atoms with Crippen LogP contribution in [0.1, 0.15) is 6.92 Å². The lowest BCUT2D eigenvalue weighted by molar-refractivity contribution is 0.0987. The SMILES string of the molecule is C[C@@H]1COCCN1c1nc(-c2cc(F)cc3[nH]ccc23)nc2ccc(-c3ccnn3C)cc12. The first-order valence-electron chi connectivity index (χ1n) is 11.0. The molecule has 0 bridgehead atoms. The highest BCUT2D eigenvalue weighted by molar-refractivity contribution is 5.98. The van der Waals surface area contributed by atoms with Crippen molar-refractivity contribution in [3.63, 3.8) is 0 Å². The van der Waals surface area contributed by atoms with Crippen LogP contribution in [-0.4, -0.2) is 50.5 Å². The van der Waals surface area contributed by atoms with Gasteiger partial charge < -0.3 is 14.6 Å². The van der Waals surface area contributed by atoms with Gasteiger partial charge in [0.05, 0.1) is 30.5 Å². The molecule has 0 aliphatic carbocycles. The Morgan fingerprint density at radius 3 is 2.82 bits per heavy atom. The Bertz CT molecular complexity index is 1490. The van der Waals surface area contributed by atoms with Crippen molar-refractivity contribution in [3.05, 3.63) is 60.7 Å². The van der Waals surface area contributed by atoms with Gasteiger partial charge in [0.15, 0.2) is 5.82 Å². The molecule has 4 heterocycles. The molecule has 0 saturated carbocycles. The van der Waals surface area contributed by atoms with Crippen LogP contribution in [-0.2, 0) is 11.8 Å². The van der Waals surface area contributed by atoms with E-state index in [2.05, 4.69) is 28.0 Å². The zero-order valence-corrected chi connectivity index (χ0v) is 18.4. The molecule has 1 N–H and O–H groups in total. The summed E-state index contributed by atoms with van der Waals surface area (Å²) >= 11 is 0. The van der Waals surface area contributed by atoms with Crippen LogP contribution >= 0.6 is 0 Å². The summed E-state index contributed by atoms with van der Waals surface area (Å²) in [6.45, 7) is 4.12. The Labute approximate surface area is 189 Å². The van der Waals surface area contributed by atoms with Gasteiger partial charge in [-0.15, -0.1) is 0 Å². The molecule has 8 heteroatoms. The molecule has 6 rings (SSSR count). The van der Waals surface area contributed by atoms with Crippen LogP contribution in [0, 0.1) is 5.82 Å². The van der Waals surface area contributed by atoms with Crippen molar-refractivity contribution >= 4 is 27.6 Å². The lowest BCUT2D eigenvalue weighted by Crippen LogP contribution is -2.44. The van der Waals surface area contributed by atoms with Gasteiger partial charge in [0.25, 0.3) is 0 Å². The molecule has 5 aromatic rings. The topological polar surface area (TPSA) is 71.9 Å². The fourth-order valence-corrected chi connectivity index (χ4v) is 4.63. The van der Waals surface area contributed by atoms with Gasteiger partial charge in [0.2, 0.25) is 0 Å². The lowest BCUT2D eigenvalue weighted by atomic mass is 10.1. The van der Waals surface area contributed by atoms with E-state index in [4.69, 9.17) is 14.7 Å². The summed E-state index contributed by atoms with van der Waals surface area (Å²) in [4.78, 5) is 15.2. The Kier molecular flexibility index (Phi) is 4.62. The second-order valence-corrected chi connectivity index (χ2v) is 8.45. The number of H-pyrrole nitrogens is 1. The molecule has 7 nitrogen and oxygen atoms in total. The summed E-state index contributed by atoms with van der Waals surface area (Å²) in [6.07, 6.45) is 3.59. The predicted molar refractivity (Wildman–Crippen MR) is 127 cm³/mol. The largest absolute Gasteiger partial charge is 0.377 e. The second kappa shape index (κ2) is 7.67. The molecule has 2 aromatic carbocycles. The summed E-state index contributed by atoms with van der Waals surface area (Å²) in [5.74, 6) is 1.02. The summed E-state index contributed by atoms with van der Waals surface area (Å²) in [7, 11) is 1.93. The Hall–Kier alpha value is -3.78. The second-order valence-electron chi connectivity index (χ2n) is 8.45. The molecule has 0 spiro atoms. The summed E-state index contributed by atoms with van der Waals surface area (Å²) in [6, 6.07) is 13.2. The number of morpholine rings is 1.